The van der Waals surface area contributed by atoms with Gasteiger partial charge in [-0.05, 0) is 50.6 Å². The van der Waals surface area contributed by atoms with Gasteiger partial charge in [-0.3, -0.25) is 9.59 Å². The van der Waals surface area contributed by atoms with Gasteiger partial charge in [0.1, 0.15) is 18.9 Å². The molecule has 0 saturated carbocycles. The molecule has 0 heterocycles. The van der Waals surface area contributed by atoms with Gasteiger partial charge in [0, 0.05) is 37.0 Å². The average Bonchev–Trinajstić information content (AvgIpc) is 3.08. The minimum atomic E-state index is -1.44. The van der Waals surface area contributed by atoms with Crippen LogP contribution >= 0.6 is 0 Å². The van der Waals surface area contributed by atoms with E-state index in [4.69, 9.17) is 7.67 Å². The molecule has 0 radical (unpaired) electrons. The third-order valence-corrected chi connectivity index (χ3v) is 9.56. The Kier molecular flexibility index (Phi) is 34.1. The first-order valence-corrected chi connectivity index (χ1v) is 22.4. The Morgan fingerprint density at radius 1 is 0.565 bits per heavy atom. The maximum atomic E-state index is 12.1. The van der Waals surface area contributed by atoms with Gasteiger partial charge in [0.2, 0.25) is 0 Å². The number of aliphatic hydroxyl groups excluding tert-OH is 2. The number of aliphatic hydroxyl groups is 2. The number of rotatable bonds is 16. The molecule has 0 amide bonds. The summed E-state index contributed by atoms with van der Waals surface area (Å²) in [7, 11) is 0. The molecule has 10 heteroatoms. The van der Waals surface area contributed by atoms with E-state index in [1.54, 1.807) is 19.1 Å². The number of allylic oxidation sites excluding steroid dienone is 8. The van der Waals surface area contributed by atoms with Crippen molar-refractivity contribution in [2.75, 3.05) is 0 Å². The minimum absolute atomic E-state index is 0. The summed E-state index contributed by atoms with van der Waals surface area (Å²) in [6, 6.07) is 0. The number of carbonyl (C=O) groups is 5. The van der Waals surface area contributed by atoms with Gasteiger partial charge < -0.3 is 24.6 Å². The number of ketones is 2. The summed E-state index contributed by atoms with van der Waals surface area (Å²) in [6.45, 7) is 42.5. The van der Waals surface area contributed by atoms with Crippen molar-refractivity contribution in [3.05, 3.63) is 59.8 Å². The molecule has 0 aromatic carbocycles. The fraction of sp³-hybridized carbons (Fsp3) is 0.712. The fourth-order valence-corrected chi connectivity index (χ4v) is 5.38. The number of carbonyl (C=O) groups excluding carboxylic acids is 5. The fourth-order valence-electron chi connectivity index (χ4n) is 5.38. The molecule has 6 atom stereocenters. The van der Waals surface area contributed by atoms with Gasteiger partial charge in [-0.1, -0.05) is 200 Å². The molecule has 0 fully saturated rings. The van der Waals surface area contributed by atoms with E-state index >= 15 is 0 Å². The standard InChI is InChI=1S/C17H30O3.C17H30O2.C17H28O2.CH4.Mn.2O/c1-12(14(19)8-10-16(2,3)4)15(20)13(9-11-18)17(5,6)7;2*1-13(15(19)8-10-16(2,3)4)12-14(9-11-18)17(5,6)7;;;;/h8,10-13,15,20H,9H2,1-7H3;8,10-13,15,19H,9H2,1-7H3;8,10-13H,9H2,1-7H3;1H4;;;/b10-8+;2*10-8+,14-12+;;;;/t12-,13?,15?;13-,15+;13-;;;;/m011..../s1. The molecule has 0 aromatic rings. The summed E-state index contributed by atoms with van der Waals surface area (Å²) < 4.78 is 16.8. The second kappa shape index (κ2) is 31.0. The summed E-state index contributed by atoms with van der Waals surface area (Å²) in [5, 5.41) is 20.6. The molecule has 0 saturated heterocycles. The van der Waals surface area contributed by atoms with Gasteiger partial charge in [-0.25, -0.2) is 0 Å². The summed E-state index contributed by atoms with van der Waals surface area (Å²) >= 11 is -1.44. The third kappa shape index (κ3) is 36.6. The molecule has 0 spiro atoms. The molecule has 0 bridgehead atoms. The second-order valence-electron chi connectivity index (χ2n) is 22.4. The van der Waals surface area contributed by atoms with Crippen LogP contribution in [0.25, 0.3) is 0 Å². The van der Waals surface area contributed by atoms with Gasteiger partial charge >= 0.3 is 22.5 Å². The van der Waals surface area contributed by atoms with Gasteiger partial charge in [-0.2, -0.15) is 0 Å². The van der Waals surface area contributed by atoms with E-state index in [9.17, 15) is 34.2 Å². The van der Waals surface area contributed by atoms with Gasteiger partial charge in [-0.15, -0.1) is 0 Å². The van der Waals surface area contributed by atoms with Crippen molar-refractivity contribution < 1.29 is 56.7 Å². The Balaban J connectivity index is -0.000000251. The summed E-state index contributed by atoms with van der Waals surface area (Å²) in [5.74, 6) is -0.907. The van der Waals surface area contributed by atoms with Crippen LogP contribution in [0.15, 0.2) is 59.8 Å². The van der Waals surface area contributed by atoms with E-state index in [1.807, 2.05) is 91.8 Å². The Morgan fingerprint density at radius 2 is 0.919 bits per heavy atom. The van der Waals surface area contributed by atoms with Crippen molar-refractivity contribution in [1.82, 2.24) is 0 Å². The molecule has 2 N–H and O–H groups in total. The maximum absolute atomic E-state index is 12.1. The van der Waals surface area contributed by atoms with E-state index in [1.165, 1.54) is 0 Å². The third-order valence-electron chi connectivity index (χ3n) is 9.56. The zero-order valence-electron chi connectivity index (χ0n) is 42.1. The molecule has 0 aliphatic rings. The van der Waals surface area contributed by atoms with Crippen molar-refractivity contribution >= 4 is 30.4 Å². The number of aldehydes is 3. The molecule has 2 unspecified atom stereocenters. The SMILES string of the molecule is C.C[C@@H](C(=O)/C=C/C(C)(C)C)C(O)C(CC=O)C(C)(C)C.C[C@H](/C=C(\CC=O)C(C)(C)C)C(=O)/C=C/C(C)(C)C.C[C@H](/C=C(\CC=O)C(C)(C)C)[C@@H](O)/C=C/C(C)(C)C.[O]=[Mn]=[O]. The normalized spacial score (nSPS) is 16.1. The van der Waals surface area contributed by atoms with Gasteiger partial charge in [0.25, 0.3) is 0 Å². The monoisotopic (exact) mass is 916 g/mol. The van der Waals surface area contributed by atoms with Gasteiger partial charge in [0.15, 0.2) is 11.6 Å². The average molecular weight is 916 g/mol. The molecule has 361 valence electrons. The van der Waals surface area contributed by atoms with Crippen molar-refractivity contribution in [3.8, 4) is 0 Å². The molecule has 0 rings (SSSR count). The summed E-state index contributed by atoms with van der Waals surface area (Å²) in [5.41, 5.74) is 1.78. The van der Waals surface area contributed by atoms with Crippen LogP contribution < -0.4 is 0 Å². The first-order valence-electron chi connectivity index (χ1n) is 21.4. The van der Waals surface area contributed by atoms with Crippen LogP contribution in [-0.4, -0.2) is 52.8 Å². The van der Waals surface area contributed by atoms with Crippen molar-refractivity contribution in [3.63, 3.8) is 0 Å². The predicted octanol–water partition coefficient (Wildman–Crippen LogP) is 12.3. The quantitative estimate of drug-likeness (QED) is 0.0665. The van der Waals surface area contributed by atoms with Crippen molar-refractivity contribution in [1.29, 1.82) is 0 Å². The van der Waals surface area contributed by atoms with E-state index in [2.05, 4.69) is 83.1 Å². The van der Waals surface area contributed by atoms with E-state index in [0.717, 1.165) is 30.0 Å². The van der Waals surface area contributed by atoms with Crippen LogP contribution in [0, 0.1) is 56.2 Å². The molecule has 0 aliphatic carbocycles. The van der Waals surface area contributed by atoms with Crippen LogP contribution in [-0.2, 0) is 46.5 Å². The van der Waals surface area contributed by atoms with Crippen LogP contribution in [0.4, 0.5) is 0 Å². The van der Waals surface area contributed by atoms with Crippen LogP contribution in [0.2, 0.25) is 0 Å². The predicted molar refractivity (Wildman–Crippen MR) is 253 cm³/mol. The topological polar surface area (TPSA) is 160 Å². The molecule has 62 heavy (non-hydrogen) atoms. The second-order valence-corrected chi connectivity index (χ2v) is 22.6. The number of hydrogen-bond donors (Lipinski definition) is 2. The molecule has 9 nitrogen and oxygen atoms in total. The number of hydrogen-bond acceptors (Lipinski definition) is 9. The Labute approximate surface area is 385 Å². The molecule has 0 aromatic heterocycles. The van der Waals surface area contributed by atoms with E-state index < -0.39 is 32.9 Å². The first kappa shape index (κ1) is 68.2. The zero-order valence-corrected chi connectivity index (χ0v) is 43.2. The van der Waals surface area contributed by atoms with Crippen LogP contribution in [0.3, 0.4) is 0 Å². The summed E-state index contributed by atoms with van der Waals surface area (Å²) in [6.07, 6.45) is 17.3. The van der Waals surface area contributed by atoms with Crippen molar-refractivity contribution in [2.45, 2.75) is 184 Å². The van der Waals surface area contributed by atoms with Crippen LogP contribution in [0.5, 0.6) is 0 Å². The van der Waals surface area contributed by atoms with E-state index in [0.29, 0.717) is 12.8 Å². The van der Waals surface area contributed by atoms with Crippen molar-refractivity contribution in [2.24, 2.45) is 56.2 Å². The molecular weight excluding hydrogens is 824 g/mol. The molecular formula is C52H92MnO9. The first-order chi connectivity index (χ1) is 27.3. The van der Waals surface area contributed by atoms with E-state index in [-0.39, 0.29) is 75.7 Å². The molecule has 0 aliphatic heterocycles. The van der Waals surface area contributed by atoms with Crippen LogP contribution in [0.1, 0.15) is 172 Å². The Hall–Kier alpha value is -2.91. The summed E-state index contributed by atoms with van der Waals surface area (Å²) in [4.78, 5) is 56.5. The van der Waals surface area contributed by atoms with Gasteiger partial charge in [0.05, 0.1) is 12.2 Å². The Morgan fingerprint density at radius 3 is 1.23 bits per heavy atom. The zero-order chi connectivity index (χ0) is 49.4. The Bertz CT molecular complexity index is 1510.